The van der Waals surface area contributed by atoms with Gasteiger partial charge in [0.2, 0.25) is 0 Å². The molecular formula is C24H29Cl3N6. The van der Waals surface area contributed by atoms with Crippen molar-refractivity contribution in [1.29, 1.82) is 0 Å². The van der Waals surface area contributed by atoms with Crippen LogP contribution in [0.5, 0.6) is 0 Å². The highest BCUT2D eigenvalue weighted by atomic mass is 35.5. The molecular weight excluding hydrogens is 479 g/mol. The highest BCUT2D eigenvalue weighted by molar-refractivity contribution is 6.35. The molecule has 2 aliphatic heterocycles. The predicted octanol–water partition coefficient (Wildman–Crippen LogP) is 5.56. The van der Waals surface area contributed by atoms with E-state index in [4.69, 9.17) is 38.3 Å². The number of hydrogen-bond acceptors (Lipinski definition) is 5. The van der Waals surface area contributed by atoms with Crippen molar-refractivity contribution >= 4 is 52.6 Å². The largest absolute Gasteiger partial charge is 0.355 e. The maximum Gasteiger partial charge on any atom is 0.179 e. The Morgan fingerprint density at radius 1 is 1.15 bits per heavy atom. The summed E-state index contributed by atoms with van der Waals surface area (Å²) in [6.45, 7) is 10.5. The molecule has 1 saturated heterocycles. The molecule has 33 heavy (non-hydrogen) atoms. The maximum atomic E-state index is 6.49. The summed E-state index contributed by atoms with van der Waals surface area (Å²) >= 11 is 12.6. The SMILES string of the molecule is Cc1nn(C(C)c2ccc(Cl)cc2Cl)c2nc(N3CC[C@H](N4CC=CC4)[C@H](C)C3)cnc12.Cl. The molecule has 1 fully saturated rings. The summed E-state index contributed by atoms with van der Waals surface area (Å²) in [6, 6.07) is 6.11. The molecule has 176 valence electrons. The van der Waals surface area contributed by atoms with Crippen molar-refractivity contribution in [3.05, 3.63) is 57.9 Å². The minimum atomic E-state index is -0.0900. The van der Waals surface area contributed by atoms with Crippen LogP contribution in [0.2, 0.25) is 10.0 Å². The molecule has 9 heteroatoms. The Labute approximate surface area is 211 Å². The summed E-state index contributed by atoms with van der Waals surface area (Å²) in [5, 5.41) is 6.01. The van der Waals surface area contributed by atoms with E-state index in [1.807, 2.05) is 29.9 Å². The molecule has 4 heterocycles. The Balaban J connectivity index is 0.00000259. The third-order valence-corrected chi connectivity index (χ3v) is 7.40. The van der Waals surface area contributed by atoms with Gasteiger partial charge < -0.3 is 4.90 Å². The van der Waals surface area contributed by atoms with E-state index in [1.165, 1.54) is 0 Å². The van der Waals surface area contributed by atoms with Crippen LogP contribution in [0.25, 0.3) is 11.2 Å². The zero-order valence-corrected chi connectivity index (χ0v) is 21.4. The second kappa shape index (κ2) is 9.79. The first-order valence-electron chi connectivity index (χ1n) is 11.2. The second-order valence-electron chi connectivity index (χ2n) is 8.98. The van der Waals surface area contributed by atoms with E-state index in [2.05, 4.69) is 35.8 Å². The molecule has 3 aromatic rings. The van der Waals surface area contributed by atoms with Crippen LogP contribution in [-0.2, 0) is 0 Å². The monoisotopic (exact) mass is 506 g/mol. The smallest absolute Gasteiger partial charge is 0.179 e. The molecule has 0 amide bonds. The van der Waals surface area contributed by atoms with Crippen molar-refractivity contribution in [1.82, 2.24) is 24.6 Å². The number of fused-ring (bicyclic) bond motifs is 1. The molecule has 2 aromatic heterocycles. The second-order valence-corrected chi connectivity index (χ2v) is 9.82. The van der Waals surface area contributed by atoms with Crippen LogP contribution in [0.3, 0.4) is 0 Å². The molecule has 0 aliphatic carbocycles. The molecule has 0 N–H and O–H groups in total. The van der Waals surface area contributed by atoms with Crippen molar-refractivity contribution < 1.29 is 0 Å². The molecule has 3 atom stereocenters. The molecule has 0 saturated carbocycles. The van der Waals surface area contributed by atoms with Crippen LogP contribution >= 0.6 is 35.6 Å². The lowest BCUT2D eigenvalue weighted by molar-refractivity contribution is 0.165. The van der Waals surface area contributed by atoms with E-state index < -0.39 is 0 Å². The summed E-state index contributed by atoms with van der Waals surface area (Å²) in [6.07, 6.45) is 7.58. The van der Waals surface area contributed by atoms with Gasteiger partial charge in [0.05, 0.1) is 17.9 Å². The van der Waals surface area contributed by atoms with E-state index in [-0.39, 0.29) is 18.4 Å². The number of hydrogen-bond donors (Lipinski definition) is 0. The predicted molar refractivity (Wildman–Crippen MR) is 138 cm³/mol. The van der Waals surface area contributed by atoms with Crippen LogP contribution < -0.4 is 4.90 Å². The summed E-state index contributed by atoms with van der Waals surface area (Å²) in [7, 11) is 0. The first-order valence-corrected chi connectivity index (χ1v) is 12.0. The van der Waals surface area contributed by atoms with Gasteiger partial charge in [0, 0.05) is 42.3 Å². The van der Waals surface area contributed by atoms with Gasteiger partial charge in [0.25, 0.3) is 0 Å². The average Bonchev–Trinajstić information content (AvgIpc) is 3.41. The lowest BCUT2D eigenvalue weighted by Crippen LogP contribution is -2.49. The van der Waals surface area contributed by atoms with Crippen molar-refractivity contribution in [2.75, 3.05) is 31.1 Å². The van der Waals surface area contributed by atoms with E-state index in [0.29, 0.717) is 22.0 Å². The summed E-state index contributed by atoms with van der Waals surface area (Å²) in [4.78, 5) is 14.7. The van der Waals surface area contributed by atoms with Crippen LogP contribution in [0.15, 0.2) is 36.5 Å². The van der Waals surface area contributed by atoms with Gasteiger partial charge in [0.1, 0.15) is 11.3 Å². The average molecular weight is 508 g/mol. The lowest BCUT2D eigenvalue weighted by Gasteiger charge is -2.41. The van der Waals surface area contributed by atoms with Gasteiger partial charge in [0.15, 0.2) is 5.65 Å². The zero-order valence-electron chi connectivity index (χ0n) is 19.1. The van der Waals surface area contributed by atoms with Gasteiger partial charge in [-0.2, -0.15) is 5.10 Å². The third-order valence-electron chi connectivity index (χ3n) is 6.84. The highest BCUT2D eigenvalue weighted by Crippen LogP contribution is 2.32. The Bertz CT molecular complexity index is 1170. The summed E-state index contributed by atoms with van der Waals surface area (Å²) in [5.74, 6) is 1.48. The fourth-order valence-corrected chi connectivity index (χ4v) is 5.65. The molecule has 1 unspecified atom stereocenters. The number of aromatic nitrogens is 4. The van der Waals surface area contributed by atoms with Gasteiger partial charge >= 0.3 is 0 Å². The topological polar surface area (TPSA) is 50.1 Å². The van der Waals surface area contributed by atoms with Gasteiger partial charge in [-0.15, -0.1) is 12.4 Å². The number of anilines is 1. The number of piperidine rings is 1. The van der Waals surface area contributed by atoms with Crippen LogP contribution in [0, 0.1) is 12.8 Å². The van der Waals surface area contributed by atoms with Crippen molar-refractivity contribution in [3.63, 3.8) is 0 Å². The number of benzene rings is 1. The molecule has 5 rings (SSSR count). The van der Waals surface area contributed by atoms with Crippen LogP contribution in [0.4, 0.5) is 5.82 Å². The minimum absolute atomic E-state index is 0. The fourth-order valence-electron chi connectivity index (χ4n) is 5.09. The number of halogens is 3. The fraction of sp³-hybridized carbons (Fsp3) is 0.458. The van der Waals surface area contributed by atoms with Crippen molar-refractivity contribution in [2.24, 2.45) is 5.92 Å². The Kier molecular flexibility index (Phi) is 7.20. The first kappa shape index (κ1) is 24.3. The summed E-state index contributed by atoms with van der Waals surface area (Å²) in [5.41, 5.74) is 3.44. The van der Waals surface area contributed by atoms with E-state index >= 15 is 0 Å². The quantitative estimate of drug-likeness (QED) is 0.433. The van der Waals surface area contributed by atoms with E-state index in [9.17, 15) is 0 Å². The highest BCUT2D eigenvalue weighted by Gasteiger charge is 2.31. The molecule has 0 bridgehead atoms. The molecule has 6 nitrogen and oxygen atoms in total. The number of aryl methyl sites for hydroxylation is 1. The van der Waals surface area contributed by atoms with E-state index in [1.54, 1.807) is 6.07 Å². The standard InChI is InChI=1S/C24H28Cl2N6.ClH/c1-15-14-31(11-8-21(15)30-9-4-5-10-30)22-13-27-23-16(2)29-32(24(23)28-22)17(3)19-7-6-18(25)12-20(19)26;/h4-7,12-13,15,17,21H,8-11,14H2,1-3H3;1H/t15-,17?,21+;/m1./s1. The normalized spacial score (nSPS) is 22.0. The number of nitrogens with zero attached hydrogens (tertiary/aromatic N) is 6. The van der Waals surface area contributed by atoms with E-state index in [0.717, 1.165) is 60.8 Å². The Morgan fingerprint density at radius 3 is 2.61 bits per heavy atom. The van der Waals surface area contributed by atoms with Gasteiger partial charge in [-0.1, -0.05) is 48.3 Å². The molecule has 0 spiro atoms. The number of rotatable bonds is 4. The maximum absolute atomic E-state index is 6.49. The minimum Gasteiger partial charge on any atom is -0.355 e. The lowest BCUT2D eigenvalue weighted by atomic mass is 9.92. The van der Waals surface area contributed by atoms with Gasteiger partial charge in [-0.05, 0) is 43.9 Å². The van der Waals surface area contributed by atoms with Gasteiger partial charge in [-0.3, -0.25) is 4.90 Å². The zero-order chi connectivity index (χ0) is 22.4. The van der Waals surface area contributed by atoms with Gasteiger partial charge in [-0.25, -0.2) is 14.6 Å². The van der Waals surface area contributed by atoms with Crippen LogP contribution in [0.1, 0.15) is 37.6 Å². The Hall–Kier alpha value is -1.86. The molecule has 0 radical (unpaired) electrons. The van der Waals surface area contributed by atoms with Crippen LogP contribution in [-0.4, -0.2) is 56.9 Å². The van der Waals surface area contributed by atoms with Crippen molar-refractivity contribution in [2.45, 2.75) is 39.3 Å². The van der Waals surface area contributed by atoms with Crippen molar-refractivity contribution in [3.8, 4) is 0 Å². The summed E-state index contributed by atoms with van der Waals surface area (Å²) < 4.78 is 1.93. The first-order chi connectivity index (χ1) is 15.4. The molecule has 2 aliphatic rings. The molecule has 1 aromatic carbocycles. The Morgan fingerprint density at radius 2 is 1.91 bits per heavy atom. The third kappa shape index (κ3) is 4.59.